The number of para-hydroxylation sites is 2. The van der Waals surface area contributed by atoms with Gasteiger partial charge in [0.2, 0.25) is 0 Å². The fourth-order valence-corrected chi connectivity index (χ4v) is 2.81. The van der Waals surface area contributed by atoms with Crippen LogP contribution < -0.4 is 20.3 Å². The van der Waals surface area contributed by atoms with Crippen LogP contribution in [0.5, 0.6) is 5.75 Å². The highest BCUT2D eigenvalue weighted by molar-refractivity contribution is 6.31. The molecule has 0 fully saturated rings. The predicted octanol–water partition coefficient (Wildman–Crippen LogP) is 1.51. The Balaban J connectivity index is 1.84. The number of anilines is 1. The second-order valence-electron chi connectivity index (χ2n) is 6.07. The molecule has 0 aliphatic heterocycles. The molecule has 7 heteroatoms. The highest BCUT2D eigenvalue weighted by atomic mass is 35.5. The van der Waals surface area contributed by atoms with E-state index in [1.54, 1.807) is 25.3 Å². The molecule has 2 rings (SSSR count). The third-order valence-corrected chi connectivity index (χ3v) is 4.50. The molecule has 27 heavy (non-hydrogen) atoms. The van der Waals surface area contributed by atoms with Gasteiger partial charge in [-0.1, -0.05) is 41.9 Å². The average Bonchev–Trinajstić information content (AvgIpc) is 2.67. The van der Waals surface area contributed by atoms with Crippen molar-refractivity contribution in [3.8, 4) is 5.75 Å². The molecule has 0 saturated carbocycles. The number of ether oxygens (including phenoxy) is 1. The van der Waals surface area contributed by atoms with Crippen molar-refractivity contribution in [2.45, 2.75) is 13.5 Å². The van der Waals surface area contributed by atoms with Crippen LogP contribution in [0.25, 0.3) is 0 Å². The molecule has 0 aromatic heterocycles. The number of benzene rings is 2. The molecule has 0 bridgehead atoms. The van der Waals surface area contributed by atoms with E-state index in [4.69, 9.17) is 16.3 Å². The number of rotatable bonds is 9. The van der Waals surface area contributed by atoms with Gasteiger partial charge in [0.05, 0.1) is 19.3 Å². The van der Waals surface area contributed by atoms with Crippen LogP contribution in [0.3, 0.4) is 0 Å². The van der Waals surface area contributed by atoms with Gasteiger partial charge < -0.3 is 20.3 Å². The van der Waals surface area contributed by atoms with Crippen LogP contribution >= 0.6 is 11.6 Å². The first-order valence-corrected chi connectivity index (χ1v) is 9.17. The Hall–Kier alpha value is -2.57. The van der Waals surface area contributed by atoms with Crippen LogP contribution in [0.2, 0.25) is 5.02 Å². The number of hydrogen-bond donors (Lipinski definition) is 3. The number of hydrogen-bond acceptors (Lipinski definition) is 3. The molecule has 2 amide bonds. The number of methoxy groups -OCH3 is 1. The molecule has 2 aromatic carbocycles. The Kier molecular flexibility index (Phi) is 8.10. The van der Waals surface area contributed by atoms with Gasteiger partial charge in [0, 0.05) is 11.6 Å². The Morgan fingerprint density at radius 3 is 2.41 bits per heavy atom. The lowest BCUT2D eigenvalue weighted by molar-refractivity contribution is -0.881. The normalized spacial score (nSPS) is 11.5. The summed E-state index contributed by atoms with van der Waals surface area (Å²) >= 11 is 6.09. The van der Waals surface area contributed by atoms with Gasteiger partial charge in [-0.2, -0.15) is 0 Å². The SMILES string of the molecule is CC[NH+](CC(=O)NCc1ccccc1Cl)CC(=O)Nc1ccccc1OC. The fraction of sp³-hybridized carbons (Fsp3) is 0.300. The van der Waals surface area contributed by atoms with E-state index < -0.39 is 0 Å². The van der Waals surface area contributed by atoms with Crippen molar-refractivity contribution < 1.29 is 19.2 Å². The van der Waals surface area contributed by atoms with Crippen LogP contribution in [-0.4, -0.2) is 38.6 Å². The van der Waals surface area contributed by atoms with Crippen LogP contribution in [0, 0.1) is 0 Å². The molecule has 1 unspecified atom stereocenters. The average molecular weight is 391 g/mol. The Morgan fingerprint density at radius 1 is 1.04 bits per heavy atom. The Morgan fingerprint density at radius 2 is 1.70 bits per heavy atom. The molecule has 144 valence electrons. The molecule has 0 radical (unpaired) electrons. The first-order chi connectivity index (χ1) is 13.0. The summed E-state index contributed by atoms with van der Waals surface area (Å²) < 4.78 is 5.23. The van der Waals surface area contributed by atoms with Crippen molar-refractivity contribution in [1.29, 1.82) is 0 Å². The maximum Gasteiger partial charge on any atom is 0.279 e. The molecule has 0 aliphatic rings. The highest BCUT2D eigenvalue weighted by Gasteiger charge is 2.17. The zero-order valence-electron chi connectivity index (χ0n) is 15.5. The molecule has 0 saturated heterocycles. The molecule has 0 spiro atoms. The van der Waals surface area contributed by atoms with Crippen LogP contribution in [-0.2, 0) is 16.1 Å². The van der Waals surface area contributed by atoms with E-state index in [1.807, 2.05) is 37.3 Å². The molecular weight excluding hydrogens is 366 g/mol. The van der Waals surface area contributed by atoms with Crippen molar-refractivity contribution >= 4 is 29.1 Å². The molecule has 6 nitrogen and oxygen atoms in total. The minimum atomic E-state index is -0.171. The van der Waals surface area contributed by atoms with Crippen molar-refractivity contribution in [2.24, 2.45) is 0 Å². The third kappa shape index (κ3) is 6.58. The first kappa shape index (κ1) is 20.7. The molecule has 1 atom stereocenters. The van der Waals surface area contributed by atoms with Crippen molar-refractivity contribution in [1.82, 2.24) is 5.32 Å². The topological polar surface area (TPSA) is 71.9 Å². The fourth-order valence-electron chi connectivity index (χ4n) is 2.61. The van der Waals surface area contributed by atoms with Crippen molar-refractivity contribution in [3.63, 3.8) is 0 Å². The van der Waals surface area contributed by atoms with Gasteiger partial charge in [0.15, 0.2) is 13.1 Å². The zero-order chi connectivity index (χ0) is 19.6. The Bertz CT molecular complexity index is 783. The van der Waals surface area contributed by atoms with Crippen LogP contribution in [0.4, 0.5) is 5.69 Å². The lowest BCUT2D eigenvalue weighted by Crippen LogP contribution is -3.13. The smallest absolute Gasteiger partial charge is 0.279 e. The second-order valence-corrected chi connectivity index (χ2v) is 6.48. The lowest BCUT2D eigenvalue weighted by Gasteiger charge is -2.17. The highest BCUT2D eigenvalue weighted by Crippen LogP contribution is 2.22. The summed E-state index contributed by atoms with van der Waals surface area (Å²) in [6, 6.07) is 14.6. The summed E-state index contributed by atoms with van der Waals surface area (Å²) in [5, 5.41) is 6.30. The summed E-state index contributed by atoms with van der Waals surface area (Å²) in [6.45, 7) is 3.35. The van der Waals surface area contributed by atoms with Gasteiger partial charge in [0.1, 0.15) is 5.75 Å². The summed E-state index contributed by atoms with van der Waals surface area (Å²) in [4.78, 5) is 25.4. The molecule has 0 aliphatic carbocycles. The maximum atomic E-state index is 12.3. The maximum absolute atomic E-state index is 12.3. The third-order valence-electron chi connectivity index (χ3n) is 4.14. The van der Waals surface area contributed by atoms with Gasteiger partial charge >= 0.3 is 0 Å². The summed E-state index contributed by atoms with van der Waals surface area (Å²) in [5.41, 5.74) is 1.48. The van der Waals surface area contributed by atoms with Gasteiger partial charge in [-0.3, -0.25) is 9.59 Å². The van der Waals surface area contributed by atoms with E-state index in [0.29, 0.717) is 29.5 Å². The number of quaternary nitrogens is 1. The van der Waals surface area contributed by atoms with E-state index >= 15 is 0 Å². The number of carbonyl (C=O) groups excluding carboxylic acids is 2. The van der Waals surface area contributed by atoms with Crippen molar-refractivity contribution in [3.05, 3.63) is 59.1 Å². The minimum absolute atomic E-state index is 0.128. The van der Waals surface area contributed by atoms with E-state index in [-0.39, 0.29) is 24.9 Å². The van der Waals surface area contributed by atoms with E-state index in [2.05, 4.69) is 10.6 Å². The molecular formula is C20H25ClN3O3+. The minimum Gasteiger partial charge on any atom is -0.495 e. The summed E-state index contributed by atoms with van der Waals surface area (Å²) in [6.07, 6.45) is 0. The van der Waals surface area contributed by atoms with Gasteiger partial charge in [-0.15, -0.1) is 0 Å². The van der Waals surface area contributed by atoms with Crippen LogP contribution in [0.15, 0.2) is 48.5 Å². The number of nitrogens with one attached hydrogen (secondary N) is 3. The second kappa shape index (κ2) is 10.5. The van der Waals surface area contributed by atoms with Crippen LogP contribution in [0.1, 0.15) is 12.5 Å². The molecule has 2 aromatic rings. The largest absolute Gasteiger partial charge is 0.495 e. The number of carbonyl (C=O) groups is 2. The van der Waals surface area contributed by atoms with Gasteiger partial charge in [0.25, 0.3) is 11.8 Å². The van der Waals surface area contributed by atoms with Gasteiger partial charge in [-0.25, -0.2) is 0 Å². The van der Waals surface area contributed by atoms with Crippen molar-refractivity contribution in [2.75, 3.05) is 32.1 Å². The number of likely N-dealkylation sites (N-methyl/N-ethyl adjacent to an activating group) is 1. The van der Waals surface area contributed by atoms with E-state index in [0.717, 1.165) is 10.5 Å². The Labute approximate surface area is 164 Å². The monoisotopic (exact) mass is 390 g/mol. The molecule has 0 heterocycles. The standard InChI is InChI=1S/C20H24ClN3O3/c1-3-24(13-19(25)22-12-15-8-4-5-9-16(15)21)14-20(26)23-17-10-6-7-11-18(17)27-2/h4-11H,3,12-14H2,1-2H3,(H,22,25)(H,23,26)/p+1. The summed E-state index contributed by atoms with van der Waals surface area (Å²) in [7, 11) is 1.55. The first-order valence-electron chi connectivity index (χ1n) is 8.80. The lowest BCUT2D eigenvalue weighted by atomic mass is 10.2. The van der Waals surface area contributed by atoms with Gasteiger partial charge in [-0.05, 0) is 30.7 Å². The predicted molar refractivity (Wildman–Crippen MR) is 106 cm³/mol. The molecule has 3 N–H and O–H groups in total. The van der Waals surface area contributed by atoms with E-state index in [1.165, 1.54) is 0 Å². The van der Waals surface area contributed by atoms with E-state index in [9.17, 15) is 9.59 Å². The quantitative estimate of drug-likeness (QED) is 0.607. The zero-order valence-corrected chi connectivity index (χ0v) is 16.3. The number of amides is 2. The number of halogens is 1. The summed E-state index contributed by atoms with van der Waals surface area (Å²) in [5.74, 6) is 0.300.